The van der Waals surface area contributed by atoms with Crippen molar-refractivity contribution in [3.8, 4) is 0 Å². The summed E-state index contributed by atoms with van der Waals surface area (Å²) in [4.78, 5) is 0.229. The van der Waals surface area contributed by atoms with E-state index in [4.69, 9.17) is 4.55 Å². The molecule has 0 spiro atoms. The molecule has 0 amide bonds. The summed E-state index contributed by atoms with van der Waals surface area (Å²) in [6.07, 6.45) is 2.34. The van der Waals surface area contributed by atoms with Crippen molar-refractivity contribution in [1.82, 2.24) is 0 Å². The molecule has 0 bridgehead atoms. The first-order valence-corrected chi connectivity index (χ1v) is 3.60. The van der Waals surface area contributed by atoms with E-state index >= 15 is 0 Å². The van der Waals surface area contributed by atoms with Gasteiger partial charge in [0.1, 0.15) is 0 Å². The van der Waals surface area contributed by atoms with Gasteiger partial charge in [-0.3, -0.25) is 0 Å². The van der Waals surface area contributed by atoms with Crippen molar-refractivity contribution in [2.45, 2.75) is 4.90 Å². The third-order valence-corrected chi connectivity index (χ3v) is 1.65. The van der Waals surface area contributed by atoms with Crippen LogP contribution in [0.25, 0.3) is 0 Å². The van der Waals surface area contributed by atoms with Crippen molar-refractivity contribution < 1.29 is 13.5 Å². The van der Waals surface area contributed by atoms with Crippen LogP contribution in [0.15, 0.2) is 29.4 Å². The van der Waals surface area contributed by atoms with Crippen LogP contribution in [0.1, 0.15) is 0 Å². The van der Waals surface area contributed by atoms with E-state index in [1.54, 1.807) is 0 Å². The monoisotopic (exact) mass is 159 g/mol. The summed E-state index contributed by atoms with van der Waals surface area (Å²) in [5.41, 5.74) is 0. The average Bonchev–Trinajstić information content (AvgIpc) is 1.88. The second-order valence-corrected chi connectivity index (χ2v) is 2.61. The molecule has 1 rings (SSSR count). The third-order valence-electron chi connectivity index (χ3n) is 0.973. The maximum atomic E-state index is 10.4. The molecule has 5 heteroatoms. The molecule has 0 aliphatic rings. The van der Waals surface area contributed by atoms with Gasteiger partial charge in [-0.15, -0.1) is 0 Å². The van der Waals surface area contributed by atoms with E-state index in [1.807, 2.05) is 0 Å². The first-order valence-electron chi connectivity index (χ1n) is 2.50. The zero-order valence-electron chi connectivity index (χ0n) is 4.93. The van der Waals surface area contributed by atoms with Crippen molar-refractivity contribution >= 4 is 11.1 Å². The predicted molar refractivity (Wildman–Crippen MR) is 34.4 cm³/mol. The molecule has 1 heterocycles. The standard InChI is InChI=1S/C5H5NO3S/c7-6-3-1-5(2-4-6)10(8)9/h1-4H,(H,8,9). The van der Waals surface area contributed by atoms with Crippen LogP contribution in [-0.2, 0) is 11.1 Å². The Kier molecular flexibility index (Phi) is 1.98. The van der Waals surface area contributed by atoms with Gasteiger partial charge >= 0.3 is 0 Å². The summed E-state index contributed by atoms with van der Waals surface area (Å²) in [5.74, 6) is 0. The number of nitrogens with zero attached hydrogens (tertiary/aromatic N) is 1. The Balaban J connectivity index is 3.00. The molecule has 1 aromatic rings. The SMILES string of the molecule is O=S(O)c1cc[n+]([O-])cc1. The van der Waals surface area contributed by atoms with E-state index in [0.717, 1.165) is 0 Å². The molecule has 0 saturated carbocycles. The molecule has 0 aliphatic carbocycles. The summed E-state index contributed by atoms with van der Waals surface area (Å²) < 4.78 is 19.3. The molecule has 0 fully saturated rings. The molecule has 1 atom stereocenters. The van der Waals surface area contributed by atoms with Crippen LogP contribution in [0.3, 0.4) is 0 Å². The Morgan fingerprint density at radius 1 is 1.50 bits per heavy atom. The lowest BCUT2D eigenvalue weighted by Gasteiger charge is -1.94. The second kappa shape index (κ2) is 2.76. The first kappa shape index (κ1) is 7.17. The number of pyridine rings is 1. The molecular weight excluding hydrogens is 154 g/mol. The Labute approximate surface area is 60.0 Å². The van der Waals surface area contributed by atoms with Gasteiger partial charge in [0.05, 0.1) is 4.90 Å². The van der Waals surface area contributed by atoms with Gasteiger partial charge < -0.3 is 9.76 Å². The summed E-state index contributed by atoms with van der Waals surface area (Å²) >= 11 is -1.99. The smallest absolute Gasteiger partial charge is 0.186 e. The Morgan fingerprint density at radius 2 is 2.00 bits per heavy atom. The molecule has 10 heavy (non-hydrogen) atoms. The summed E-state index contributed by atoms with van der Waals surface area (Å²) in [6.45, 7) is 0. The van der Waals surface area contributed by atoms with Crippen LogP contribution in [0.5, 0.6) is 0 Å². The van der Waals surface area contributed by atoms with E-state index in [1.165, 1.54) is 24.5 Å². The van der Waals surface area contributed by atoms with E-state index in [9.17, 15) is 9.42 Å². The van der Waals surface area contributed by atoms with Gasteiger partial charge in [-0.25, -0.2) is 4.21 Å². The first-order chi connectivity index (χ1) is 4.70. The lowest BCUT2D eigenvalue weighted by Crippen LogP contribution is -2.23. The molecule has 0 saturated heterocycles. The highest BCUT2D eigenvalue weighted by molar-refractivity contribution is 7.79. The minimum absolute atomic E-state index is 0.229. The summed E-state index contributed by atoms with van der Waals surface area (Å²) in [6, 6.07) is 2.59. The second-order valence-electron chi connectivity index (χ2n) is 1.64. The quantitative estimate of drug-likeness (QED) is 0.353. The van der Waals surface area contributed by atoms with E-state index in [-0.39, 0.29) is 4.90 Å². The minimum Gasteiger partial charge on any atom is -0.619 e. The molecular formula is C5H5NO3S. The van der Waals surface area contributed by atoms with Crippen LogP contribution >= 0.6 is 0 Å². The van der Waals surface area contributed by atoms with Crippen molar-refractivity contribution in [2.24, 2.45) is 0 Å². The van der Waals surface area contributed by atoms with Crippen LogP contribution in [0, 0.1) is 5.21 Å². The fraction of sp³-hybridized carbons (Fsp3) is 0. The van der Waals surface area contributed by atoms with Crippen molar-refractivity contribution in [2.75, 3.05) is 0 Å². The Hall–Kier alpha value is -0.940. The van der Waals surface area contributed by atoms with Crippen molar-refractivity contribution in [3.05, 3.63) is 29.7 Å². The topological polar surface area (TPSA) is 64.2 Å². The zero-order chi connectivity index (χ0) is 7.56. The highest BCUT2D eigenvalue weighted by Crippen LogP contribution is 1.98. The van der Waals surface area contributed by atoms with Gasteiger partial charge in [0.2, 0.25) is 0 Å². The summed E-state index contributed by atoms with van der Waals surface area (Å²) in [5, 5.41) is 10.4. The van der Waals surface area contributed by atoms with E-state index < -0.39 is 11.1 Å². The summed E-state index contributed by atoms with van der Waals surface area (Å²) in [7, 11) is 0. The zero-order valence-corrected chi connectivity index (χ0v) is 5.75. The van der Waals surface area contributed by atoms with Gasteiger partial charge in [0.15, 0.2) is 23.5 Å². The highest BCUT2D eigenvalue weighted by atomic mass is 32.2. The largest absolute Gasteiger partial charge is 0.619 e. The lowest BCUT2D eigenvalue weighted by molar-refractivity contribution is -0.605. The van der Waals surface area contributed by atoms with Crippen LogP contribution in [-0.4, -0.2) is 8.76 Å². The van der Waals surface area contributed by atoms with Crippen LogP contribution in [0.2, 0.25) is 0 Å². The Morgan fingerprint density at radius 3 is 2.40 bits per heavy atom. The van der Waals surface area contributed by atoms with Gasteiger partial charge in [-0.1, -0.05) is 0 Å². The molecule has 1 unspecified atom stereocenters. The fourth-order valence-corrected chi connectivity index (χ4v) is 0.870. The van der Waals surface area contributed by atoms with Gasteiger partial charge in [0, 0.05) is 12.1 Å². The molecule has 54 valence electrons. The van der Waals surface area contributed by atoms with E-state index in [2.05, 4.69) is 0 Å². The number of hydrogen-bond donors (Lipinski definition) is 1. The third kappa shape index (κ3) is 1.52. The van der Waals surface area contributed by atoms with Crippen LogP contribution in [0.4, 0.5) is 0 Å². The molecule has 0 aromatic carbocycles. The van der Waals surface area contributed by atoms with E-state index in [0.29, 0.717) is 4.73 Å². The maximum absolute atomic E-state index is 10.4. The maximum Gasteiger partial charge on any atom is 0.186 e. The normalized spacial score (nSPS) is 12.9. The minimum atomic E-state index is -1.99. The molecule has 0 aliphatic heterocycles. The van der Waals surface area contributed by atoms with Gasteiger partial charge in [0.25, 0.3) is 0 Å². The molecule has 1 aromatic heterocycles. The Bertz CT molecular complexity index is 246. The predicted octanol–water partition coefficient (Wildman–Crippen LogP) is -0.0994. The molecule has 0 radical (unpaired) electrons. The van der Waals surface area contributed by atoms with Gasteiger partial charge in [-0.05, 0) is 0 Å². The number of aromatic nitrogens is 1. The molecule has 4 nitrogen and oxygen atoms in total. The van der Waals surface area contributed by atoms with Crippen molar-refractivity contribution in [3.63, 3.8) is 0 Å². The average molecular weight is 159 g/mol. The van der Waals surface area contributed by atoms with Crippen molar-refractivity contribution in [1.29, 1.82) is 0 Å². The lowest BCUT2D eigenvalue weighted by atomic mass is 10.5. The van der Waals surface area contributed by atoms with Gasteiger partial charge in [-0.2, -0.15) is 4.73 Å². The number of hydrogen-bond acceptors (Lipinski definition) is 2. The highest BCUT2D eigenvalue weighted by Gasteiger charge is 1.98. The number of rotatable bonds is 1. The van der Waals surface area contributed by atoms with Crippen LogP contribution < -0.4 is 4.73 Å². The fourth-order valence-electron chi connectivity index (χ4n) is 0.516. The molecule has 1 N–H and O–H groups in total.